The van der Waals surface area contributed by atoms with Crippen LogP contribution in [0.5, 0.6) is 5.75 Å². The van der Waals surface area contributed by atoms with E-state index >= 15 is 0 Å². The first-order chi connectivity index (χ1) is 7.81. The SMILES string of the molecule is NCC1CCCCC1Oc1ccncc1Br. The molecule has 0 amide bonds. The zero-order chi connectivity index (χ0) is 11.4. The molecule has 1 aliphatic carbocycles. The van der Waals surface area contributed by atoms with Gasteiger partial charge in [0.25, 0.3) is 0 Å². The molecule has 1 fully saturated rings. The van der Waals surface area contributed by atoms with Crippen molar-refractivity contribution in [3.05, 3.63) is 22.9 Å². The van der Waals surface area contributed by atoms with Crippen molar-refractivity contribution in [1.82, 2.24) is 4.98 Å². The normalized spacial score (nSPS) is 25.4. The minimum atomic E-state index is 0.262. The Balaban J connectivity index is 2.05. The zero-order valence-corrected chi connectivity index (χ0v) is 10.8. The Kier molecular flexibility index (Phi) is 4.18. The van der Waals surface area contributed by atoms with Gasteiger partial charge in [-0.3, -0.25) is 4.98 Å². The molecule has 2 rings (SSSR count). The van der Waals surface area contributed by atoms with Gasteiger partial charge in [0.1, 0.15) is 11.9 Å². The molecule has 1 saturated carbocycles. The maximum Gasteiger partial charge on any atom is 0.137 e. The first kappa shape index (κ1) is 11.9. The Morgan fingerprint density at radius 2 is 2.25 bits per heavy atom. The molecule has 2 N–H and O–H groups in total. The average molecular weight is 285 g/mol. The first-order valence-corrected chi connectivity index (χ1v) is 6.57. The topological polar surface area (TPSA) is 48.1 Å². The van der Waals surface area contributed by atoms with E-state index in [0.717, 1.165) is 16.6 Å². The summed E-state index contributed by atoms with van der Waals surface area (Å²) < 4.78 is 6.94. The number of hydrogen-bond acceptors (Lipinski definition) is 3. The molecule has 2 atom stereocenters. The van der Waals surface area contributed by atoms with Crippen molar-refractivity contribution in [2.75, 3.05) is 6.54 Å². The summed E-state index contributed by atoms with van der Waals surface area (Å²) in [6.45, 7) is 0.716. The van der Waals surface area contributed by atoms with E-state index in [1.807, 2.05) is 6.07 Å². The molecule has 0 aliphatic heterocycles. The molecule has 1 aliphatic rings. The smallest absolute Gasteiger partial charge is 0.137 e. The van der Waals surface area contributed by atoms with Gasteiger partial charge < -0.3 is 10.5 Å². The molecule has 0 radical (unpaired) electrons. The van der Waals surface area contributed by atoms with Crippen LogP contribution in [-0.2, 0) is 0 Å². The van der Waals surface area contributed by atoms with Crippen molar-refractivity contribution in [1.29, 1.82) is 0 Å². The zero-order valence-electron chi connectivity index (χ0n) is 9.23. The quantitative estimate of drug-likeness (QED) is 0.929. The van der Waals surface area contributed by atoms with Crippen LogP contribution in [-0.4, -0.2) is 17.6 Å². The van der Waals surface area contributed by atoms with Crippen LogP contribution in [0, 0.1) is 5.92 Å². The Morgan fingerprint density at radius 3 is 3.00 bits per heavy atom. The third kappa shape index (κ3) is 2.74. The minimum Gasteiger partial charge on any atom is -0.489 e. The second-order valence-corrected chi connectivity index (χ2v) is 5.10. The fourth-order valence-corrected chi connectivity index (χ4v) is 2.56. The molecule has 4 heteroatoms. The predicted octanol–water partition coefficient (Wildman–Crippen LogP) is 2.74. The fraction of sp³-hybridized carbons (Fsp3) is 0.583. The molecular weight excluding hydrogens is 268 g/mol. The molecule has 2 unspecified atom stereocenters. The lowest BCUT2D eigenvalue weighted by molar-refractivity contribution is 0.0961. The van der Waals surface area contributed by atoms with E-state index in [1.165, 1.54) is 19.3 Å². The lowest BCUT2D eigenvalue weighted by Gasteiger charge is -2.31. The van der Waals surface area contributed by atoms with Crippen LogP contribution in [0.1, 0.15) is 25.7 Å². The monoisotopic (exact) mass is 284 g/mol. The first-order valence-electron chi connectivity index (χ1n) is 5.77. The third-order valence-corrected chi connectivity index (χ3v) is 3.75. The molecule has 1 heterocycles. The number of halogens is 1. The van der Waals surface area contributed by atoms with Crippen molar-refractivity contribution < 1.29 is 4.74 Å². The Bertz CT molecular complexity index is 346. The molecule has 3 nitrogen and oxygen atoms in total. The van der Waals surface area contributed by atoms with Gasteiger partial charge in [-0.1, -0.05) is 6.42 Å². The van der Waals surface area contributed by atoms with E-state index in [4.69, 9.17) is 10.5 Å². The van der Waals surface area contributed by atoms with Crippen LogP contribution in [0.2, 0.25) is 0 Å². The molecule has 0 spiro atoms. The number of aromatic nitrogens is 1. The van der Waals surface area contributed by atoms with Gasteiger partial charge in [-0.25, -0.2) is 0 Å². The van der Waals surface area contributed by atoms with Crippen LogP contribution in [0.4, 0.5) is 0 Å². The summed E-state index contributed by atoms with van der Waals surface area (Å²) in [4.78, 5) is 4.03. The van der Waals surface area contributed by atoms with Crippen LogP contribution in [0.25, 0.3) is 0 Å². The lowest BCUT2D eigenvalue weighted by Crippen LogP contribution is -2.35. The number of rotatable bonds is 3. The average Bonchev–Trinajstić information content (AvgIpc) is 2.33. The van der Waals surface area contributed by atoms with Crippen LogP contribution >= 0.6 is 15.9 Å². The van der Waals surface area contributed by atoms with Crippen molar-refractivity contribution in [2.24, 2.45) is 11.7 Å². The van der Waals surface area contributed by atoms with E-state index in [2.05, 4.69) is 20.9 Å². The van der Waals surface area contributed by atoms with Gasteiger partial charge in [0.05, 0.1) is 4.47 Å². The Labute approximate surface area is 105 Å². The van der Waals surface area contributed by atoms with E-state index < -0.39 is 0 Å². The van der Waals surface area contributed by atoms with Gasteiger partial charge >= 0.3 is 0 Å². The highest BCUT2D eigenvalue weighted by atomic mass is 79.9. The summed E-state index contributed by atoms with van der Waals surface area (Å²) in [5, 5.41) is 0. The summed E-state index contributed by atoms with van der Waals surface area (Å²) in [5.41, 5.74) is 5.78. The predicted molar refractivity (Wildman–Crippen MR) is 67.4 cm³/mol. The highest BCUT2D eigenvalue weighted by Crippen LogP contribution is 2.30. The number of hydrogen-bond donors (Lipinski definition) is 1. The molecule has 0 aromatic carbocycles. The lowest BCUT2D eigenvalue weighted by atomic mass is 9.86. The van der Waals surface area contributed by atoms with Crippen molar-refractivity contribution >= 4 is 15.9 Å². The number of nitrogens with two attached hydrogens (primary N) is 1. The molecular formula is C12H17BrN2O. The van der Waals surface area contributed by atoms with E-state index in [9.17, 15) is 0 Å². The highest BCUT2D eigenvalue weighted by Gasteiger charge is 2.25. The second-order valence-electron chi connectivity index (χ2n) is 4.24. The third-order valence-electron chi connectivity index (χ3n) is 3.16. The summed E-state index contributed by atoms with van der Waals surface area (Å²) >= 11 is 3.45. The second kappa shape index (κ2) is 5.64. The van der Waals surface area contributed by atoms with Gasteiger partial charge in [-0.05, 0) is 47.8 Å². The summed E-state index contributed by atoms with van der Waals surface area (Å²) in [7, 11) is 0. The van der Waals surface area contributed by atoms with Crippen LogP contribution < -0.4 is 10.5 Å². The van der Waals surface area contributed by atoms with Crippen molar-refractivity contribution in [2.45, 2.75) is 31.8 Å². The molecule has 1 aromatic rings. The van der Waals surface area contributed by atoms with E-state index in [0.29, 0.717) is 12.5 Å². The van der Waals surface area contributed by atoms with Crippen molar-refractivity contribution in [3.63, 3.8) is 0 Å². The fourth-order valence-electron chi connectivity index (χ4n) is 2.22. The highest BCUT2D eigenvalue weighted by molar-refractivity contribution is 9.10. The number of ether oxygens (including phenoxy) is 1. The molecule has 1 aromatic heterocycles. The molecule has 16 heavy (non-hydrogen) atoms. The molecule has 0 saturated heterocycles. The van der Waals surface area contributed by atoms with E-state index in [-0.39, 0.29) is 6.10 Å². The molecule has 0 bridgehead atoms. The largest absolute Gasteiger partial charge is 0.489 e. The molecule has 88 valence electrons. The Morgan fingerprint density at radius 1 is 1.44 bits per heavy atom. The maximum atomic E-state index is 6.02. The maximum absolute atomic E-state index is 6.02. The van der Waals surface area contributed by atoms with Gasteiger partial charge in [0.2, 0.25) is 0 Å². The summed E-state index contributed by atoms with van der Waals surface area (Å²) in [5.74, 6) is 1.37. The van der Waals surface area contributed by atoms with Gasteiger partial charge in [0.15, 0.2) is 0 Å². The van der Waals surface area contributed by atoms with Gasteiger partial charge in [-0.2, -0.15) is 0 Å². The summed E-state index contributed by atoms with van der Waals surface area (Å²) in [6.07, 6.45) is 8.58. The van der Waals surface area contributed by atoms with Gasteiger partial charge in [0, 0.05) is 18.3 Å². The number of nitrogens with zero attached hydrogens (tertiary/aromatic N) is 1. The minimum absolute atomic E-state index is 0.262. The van der Waals surface area contributed by atoms with Gasteiger partial charge in [-0.15, -0.1) is 0 Å². The van der Waals surface area contributed by atoms with Crippen LogP contribution in [0.3, 0.4) is 0 Å². The number of pyridine rings is 1. The van der Waals surface area contributed by atoms with E-state index in [1.54, 1.807) is 12.4 Å². The van der Waals surface area contributed by atoms with Crippen LogP contribution in [0.15, 0.2) is 22.9 Å². The van der Waals surface area contributed by atoms with Crippen molar-refractivity contribution in [3.8, 4) is 5.75 Å². The Hall–Kier alpha value is -0.610. The summed E-state index contributed by atoms with van der Waals surface area (Å²) in [6, 6.07) is 1.90. The standard InChI is InChI=1S/C12H17BrN2O/c13-10-8-15-6-5-12(10)16-11-4-2-1-3-9(11)7-14/h5-6,8-9,11H,1-4,7,14H2.